The first kappa shape index (κ1) is 14.8. The highest BCUT2D eigenvalue weighted by Crippen LogP contribution is 2.21. The predicted molar refractivity (Wildman–Crippen MR) is 77.8 cm³/mol. The zero-order valence-corrected chi connectivity index (χ0v) is 12.5. The van der Waals surface area contributed by atoms with Crippen LogP contribution in [0.4, 0.5) is 5.69 Å². The third-order valence-electron chi connectivity index (χ3n) is 3.47. The van der Waals surface area contributed by atoms with Crippen LogP contribution in [0.2, 0.25) is 0 Å². The standard InChI is InChI=1S/C14H19NO4S/c1-10-8-11(14(16)19-2)5-6-13(10)15-12-4-3-7-20(17,18)9-12/h5-6,8,12,15H,3-4,7,9H2,1-2H3. The minimum atomic E-state index is -2.93. The second kappa shape index (κ2) is 5.83. The molecule has 1 aromatic carbocycles. The summed E-state index contributed by atoms with van der Waals surface area (Å²) in [6.07, 6.45) is 1.54. The van der Waals surface area contributed by atoms with E-state index < -0.39 is 9.84 Å². The van der Waals surface area contributed by atoms with Gasteiger partial charge in [0.1, 0.15) is 0 Å². The summed E-state index contributed by atoms with van der Waals surface area (Å²) in [5, 5.41) is 3.26. The molecule has 1 N–H and O–H groups in total. The molecule has 1 aliphatic heterocycles. The van der Waals surface area contributed by atoms with E-state index in [1.54, 1.807) is 18.2 Å². The third-order valence-corrected chi connectivity index (χ3v) is 5.29. The Balaban J connectivity index is 2.12. The number of rotatable bonds is 3. The minimum Gasteiger partial charge on any atom is -0.465 e. The Bertz CT molecular complexity index is 610. The number of benzene rings is 1. The highest BCUT2D eigenvalue weighted by Gasteiger charge is 2.24. The minimum absolute atomic E-state index is 0.0589. The van der Waals surface area contributed by atoms with Gasteiger partial charge in [-0.15, -0.1) is 0 Å². The van der Waals surface area contributed by atoms with Crippen LogP contribution in [0.3, 0.4) is 0 Å². The lowest BCUT2D eigenvalue weighted by Crippen LogP contribution is -2.35. The molecule has 0 bridgehead atoms. The van der Waals surface area contributed by atoms with E-state index in [4.69, 9.17) is 0 Å². The van der Waals surface area contributed by atoms with Gasteiger partial charge >= 0.3 is 5.97 Å². The van der Waals surface area contributed by atoms with Gasteiger partial charge in [-0.1, -0.05) is 0 Å². The Hall–Kier alpha value is -1.56. The molecule has 1 fully saturated rings. The van der Waals surface area contributed by atoms with Gasteiger partial charge in [0.05, 0.1) is 24.2 Å². The number of aryl methyl sites for hydroxylation is 1. The third kappa shape index (κ3) is 3.50. The Morgan fingerprint density at radius 1 is 1.40 bits per heavy atom. The maximum absolute atomic E-state index is 11.6. The number of methoxy groups -OCH3 is 1. The van der Waals surface area contributed by atoms with Crippen molar-refractivity contribution in [1.29, 1.82) is 0 Å². The van der Waals surface area contributed by atoms with Crippen molar-refractivity contribution in [1.82, 2.24) is 0 Å². The Morgan fingerprint density at radius 3 is 2.75 bits per heavy atom. The van der Waals surface area contributed by atoms with E-state index in [-0.39, 0.29) is 23.5 Å². The number of ether oxygens (including phenoxy) is 1. The first-order valence-electron chi connectivity index (χ1n) is 6.57. The maximum Gasteiger partial charge on any atom is 0.337 e. The fraction of sp³-hybridized carbons (Fsp3) is 0.500. The zero-order valence-electron chi connectivity index (χ0n) is 11.7. The van der Waals surface area contributed by atoms with E-state index in [1.165, 1.54) is 7.11 Å². The molecule has 0 spiro atoms. The molecule has 6 heteroatoms. The SMILES string of the molecule is COC(=O)c1ccc(NC2CCCS(=O)(=O)C2)c(C)c1. The second-order valence-electron chi connectivity index (χ2n) is 5.12. The Morgan fingerprint density at radius 2 is 2.15 bits per heavy atom. The summed E-state index contributed by atoms with van der Waals surface area (Å²) >= 11 is 0. The molecular weight excluding hydrogens is 278 g/mol. The molecule has 0 aromatic heterocycles. The highest BCUT2D eigenvalue weighted by atomic mass is 32.2. The number of carbonyl (C=O) groups is 1. The van der Waals surface area contributed by atoms with Gasteiger partial charge in [-0.3, -0.25) is 0 Å². The monoisotopic (exact) mass is 297 g/mol. The summed E-state index contributed by atoms with van der Waals surface area (Å²) in [7, 11) is -1.58. The Kier molecular flexibility index (Phi) is 4.32. The van der Waals surface area contributed by atoms with E-state index in [0.717, 1.165) is 17.7 Å². The smallest absolute Gasteiger partial charge is 0.337 e. The van der Waals surface area contributed by atoms with E-state index >= 15 is 0 Å². The van der Waals surface area contributed by atoms with Crippen LogP contribution >= 0.6 is 0 Å². The molecule has 5 nitrogen and oxygen atoms in total. The van der Waals surface area contributed by atoms with Crippen molar-refractivity contribution in [2.45, 2.75) is 25.8 Å². The number of sulfone groups is 1. The summed E-state index contributed by atoms with van der Waals surface area (Å²) in [4.78, 5) is 11.4. The van der Waals surface area contributed by atoms with Gasteiger partial charge in [0.15, 0.2) is 9.84 Å². The van der Waals surface area contributed by atoms with Crippen molar-refractivity contribution >= 4 is 21.5 Å². The van der Waals surface area contributed by atoms with Gasteiger partial charge in [-0.2, -0.15) is 0 Å². The van der Waals surface area contributed by atoms with E-state index in [0.29, 0.717) is 12.0 Å². The normalized spacial score (nSPS) is 21.2. The van der Waals surface area contributed by atoms with Crippen molar-refractivity contribution in [2.24, 2.45) is 0 Å². The summed E-state index contributed by atoms with van der Waals surface area (Å²) < 4.78 is 27.9. The Labute approximate surface area is 119 Å². The number of anilines is 1. The highest BCUT2D eigenvalue weighted by molar-refractivity contribution is 7.91. The second-order valence-corrected chi connectivity index (χ2v) is 7.35. The number of nitrogens with one attached hydrogen (secondary N) is 1. The van der Waals surface area contributed by atoms with Crippen LogP contribution in [-0.2, 0) is 14.6 Å². The fourth-order valence-corrected chi connectivity index (χ4v) is 4.06. The topological polar surface area (TPSA) is 72.5 Å². The number of hydrogen-bond acceptors (Lipinski definition) is 5. The predicted octanol–water partition coefficient (Wildman–Crippen LogP) is 1.77. The summed E-state index contributed by atoms with van der Waals surface area (Å²) in [6, 6.07) is 5.16. The quantitative estimate of drug-likeness (QED) is 0.861. The molecular formula is C14H19NO4S. The van der Waals surface area contributed by atoms with Gasteiger partial charge in [-0.25, -0.2) is 13.2 Å². The molecule has 2 rings (SSSR count). The van der Waals surface area contributed by atoms with Crippen molar-refractivity contribution in [3.63, 3.8) is 0 Å². The maximum atomic E-state index is 11.6. The number of esters is 1. The van der Waals surface area contributed by atoms with Crippen LogP contribution in [-0.4, -0.2) is 39.0 Å². The number of carbonyl (C=O) groups excluding carboxylic acids is 1. The lowest BCUT2D eigenvalue weighted by Gasteiger charge is -2.25. The average molecular weight is 297 g/mol. The first-order chi connectivity index (χ1) is 9.41. The molecule has 1 unspecified atom stereocenters. The van der Waals surface area contributed by atoms with E-state index in [2.05, 4.69) is 10.1 Å². The summed E-state index contributed by atoms with van der Waals surface area (Å²) in [5.41, 5.74) is 2.25. The molecule has 0 saturated carbocycles. The van der Waals surface area contributed by atoms with Crippen LogP contribution < -0.4 is 5.32 Å². The van der Waals surface area contributed by atoms with Crippen LogP contribution in [0.5, 0.6) is 0 Å². The average Bonchev–Trinajstić information content (AvgIpc) is 2.39. The zero-order chi connectivity index (χ0) is 14.8. The molecule has 1 heterocycles. The van der Waals surface area contributed by atoms with Gasteiger partial charge in [0, 0.05) is 11.7 Å². The summed E-state index contributed by atoms with van der Waals surface area (Å²) in [6.45, 7) is 1.88. The first-order valence-corrected chi connectivity index (χ1v) is 8.39. The van der Waals surface area contributed by atoms with Gasteiger partial charge in [0.2, 0.25) is 0 Å². The molecule has 1 aliphatic rings. The molecule has 1 aromatic rings. The van der Waals surface area contributed by atoms with Crippen LogP contribution in [0.15, 0.2) is 18.2 Å². The lowest BCUT2D eigenvalue weighted by molar-refractivity contribution is 0.0600. The van der Waals surface area contributed by atoms with Crippen LogP contribution in [0.1, 0.15) is 28.8 Å². The van der Waals surface area contributed by atoms with Crippen molar-refractivity contribution < 1.29 is 17.9 Å². The van der Waals surface area contributed by atoms with Crippen LogP contribution in [0.25, 0.3) is 0 Å². The van der Waals surface area contributed by atoms with Crippen molar-refractivity contribution in [3.8, 4) is 0 Å². The number of hydrogen-bond donors (Lipinski definition) is 1. The van der Waals surface area contributed by atoms with Crippen LogP contribution in [0, 0.1) is 6.92 Å². The van der Waals surface area contributed by atoms with Crippen molar-refractivity contribution in [2.75, 3.05) is 23.9 Å². The van der Waals surface area contributed by atoms with E-state index in [1.807, 2.05) is 6.92 Å². The molecule has 20 heavy (non-hydrogen) atoms. The summed E-state index contributed by atoms with van der Waals surface area (Å²) in [5.74, 6) is 0.0799. The largest absolute Gasteiger partial charge is 0.465 e. The molecule has 1 atom stereocenters. The van der Waals surface area contributed by atoms with E-state index in [9.17, 15) is 13.2 Å². The molecule has 0 amide bonds. The molecule has 110 valence electrons. The van der Waals surface area contributed by atoms with Gasteiger partial charge in [-0.05, 0) is 43.5 Å². The molecule has 0 radical (unpaired) electrons. The fourth-order valence-electron chi connectivity index (χ4n) is 2.43. The van der Waals surface area contributed by atoms with Gasteiger partial charge in [0.25, 0.3) is 0 Å². The lowest BCUT2D eigenvalue weighted by atomic mass is 10.1. The molecule has 1 saturated heterocycles. The van der Waals surface area contributed by atoms with Crippen molar-refractivity contribution in [3.05, 3.63) is 29.3 Å². The molecule has 0 aliphatic carbocycles. The van der Waals surface area contributed by atoms with Gasteiger partial charge < -0.3 is 10.1 Å².